The zero-order valence-corrected chi connectivity index (χ0v) is 20.7. The number of ether oxygens (including phenoxy) is 1. The molecule has 0 amide bonds. The monoisotopic (exact) mass is 502 g/mol. The van der Waals surface area contributed by atoms with Gasteiger partial charge in [0, 0.05) is 30.8 Å². The summed E-state index contributed by atoms with van der Waals surface area (Å²) in [7, 11) is 0. The van der Waals surface area contributed by atoms with Gasteiger partial charge in [-0.3, -0.25) is 9.69 Å². The van der Waals surface area contributed by atoms with Gasteiger partial charge in [0.15, 0.2) is 0 Å². The average molecular weight is 503 g/mol. The van der Waals surface area contributed by atoms with E-state index in [1.165, 1.54) is 0 Å². The van der Waals surface area contributed by atoms with Gasteiger partial charge < -0.3 is 18.9 Å². The molecule has 0 atom stereocenters. The Bertz CT molecular complexity index is 1410. The highest BCUT2D eigenvalue weighted by molar-refractivity contribution is 5.99. The lowest BCUT2D eigenvalue weighted by Crippen LogP contribution is -2.51. The molecule has 1 saturated heterocycles. The number of aromatic nitrogens is 3. The third kappa shape index (κ3) is 5.29. The van der Waals surface area contributed by atoms with E-state index < -0.39 is 11.6 Å². The van der Waals surface area contributed by atoms with Crippen LogP contribution in [0.1, 0.15) is 36.7 Å². The highest BCUT2D eigenvalue weighted by Gasteiger charge is 2.35. The van der Waals surface area contributed by atoms with Crippen LogP contribution in [-0.4, -0.2) is 55.9 Å². The molecule has 10 nitrogen and oxygen atoms in total. The number of rotatable bonds is 7. The Morgan fingerprint density at radius 3 is 2.35 bits per heavy atom. The first-order valence-corrected chi connectivity index (χ1v) is 11.8. The van der Waals surface area contributed by atoms with Gasteiger partial charge in [-0.25, -0.2) is 4.79 Å². The Morgan fingerprint density at radius 1 is 1.00 bits per heavy atom. The fourth-order valence-corrected chi connectivity index (χ4v) is 4.11. The number of esters is 1. The van der Waals surface area contributed by atoms with E-state index in [4.69, 9.17) is 13.8 Å². The van der Waals surface area contributed by atoms with Crippen LogP contribution in [0.5, 0.6) is 0 Å². The third-order valence-corrected chi connectivity index (χ3v) is 5.89. The number of hydrogen-bond acceptors (Lipinski definition) is 9. The van der Waals surface area contributed by atoms with Crippen LogP contribution in [0.15, 0.2) is 63.6 Å². The van der Waals surface area contributed by atoms with E-state index in [1.54, 1.807) is 24.3 Å². The van der Waals surface area contributed by atoms with Crippen LogP contribution >= 0.6 is 0 Å². The van der Waals surface area contributed by atoms with Gasteiger partial charge in [0.05, 0.1) is 5.92 Å². The van der Waals surface area contributed by atoms with Crippen molar-refractivity contribution in [3.05, 3.63) is 65.7 Å². The number of carbonyl (C=O) groups is 2. The number of likely N-dealkylation sites (tertiary alicyclic amines) is 1. The number of carboxylic acids is 1. The Kier molecular flexibility index (Phi) is 6.34. The van der Waals surface area contributed by atoms with Gasteiger partial charge in [-0.2, -0.15) is 4.98 Å². The average Bonchev–Trinajstić information content (AvgIpc) is 3.48. The molecule has 0 unspecified atom stereocenters. The molecule has 1 fully saturated rings. The molecule has 0 aliphatic carbocycles. The number of benzene rings is 2. The summed E-state index contributed by atoms with van der Waals surface area (Å²) in [4.78, 5) is 30.7. The lowest BCUT2D eigenvalue weighted by Gasteiger charge is -2.38. The quantitative estimate of drug-likeness (QED) is 0.359. The maximum atomic E-state index is 12.2. The number of carboxylic acid groups (broad SMARTS) is 1. The predicted molar refractivity (Wildman–Crippen MR) is 132 cm³/mol. The van der Waals surface area contributed by atoms with Gasteiger partial charge in [0.2, 0.25) is 11.6 Å². The van der Waals surface area contributed by atoms with Gasteiger partial charge in [-0.05, 0) is 26.3 Å². The van der Waals surface area contributed by atoms with Crippen molar-refractivity contribution in [2.24, 2.45) is 5.92 Å². The number of hydrogen-bond donors (Lipinski definition) is 1. The molecule has 0 radical (unpaired) electrons. The first-order valence-electron chi connectivity index (χ1n) is 11.8. The van der Waals surface area contributed by atoms with Gasteiger partial charge in [0.25, 0.3) is 5.89 Å². The Morgan fingerprint density at radius 2 is 1.70 bits per heavy atom. The van der Waals surface area contributed by atoms with Crippen LogP contribution in [0.3, 0.4) is 0 Å². The first-order chi connectivity index (χ1) is 17.7. The molecule has 5 rings (SSSR count). The molecule has 0 spiro atoms. The minimum atomic E-state index is -1.21. The van der Waals surface area contributed by atoms with E-state index in [1.807, 2.05) is 51.1 Å². The Balaban J connectivity index is 1.26. The van der Waals surface area contributed by atoms with Crippen LogP contribution in [0.4, 0.5) is 0 Å². The minimum Gasteiger partial charge on any atom is -0.477 e. The fraction of sp³-hybridized carbons (Fsp3) is 0.296. The summed E-state index contributed by atoms with van der Waals surface area (Å²) in [6.07, 6.45) is 0. The van der Waals surface area contributed by atoms with Crippen molar-refractivity contribution >= 4 is 11.9 Å². The highest BCUT2D eigenvalue weighted by Crippen LogP contribution is 2.32. The van der Waals surface area contributed by atoms with Gasteiger partial charge in [0.1, 0.15) is 16.9 Å². The molecular weight excluding hydrogens is 476 g/mol. The molecule has 0 bridgehead atoms. The van der Waals surface area contributed by atoms with Crippen molar-refractivity contribution in [1.29, 1.82) is 0 Å². The number of aromatic carboxylic acids is 1. The van der Waals surface area contributed by atoms with Crippen molar-refractivity contribution in [2.75, 3.05) is 13.1 Å². The molecule has 1 aliphatic rings. The molecule has 37 heavy (non-hydrogen) atoms. The Hall–Kier alpha value is -4.31. The van der Waals surface area contributed by atoms with E-state index >= 15 is 0 Å². The number of carbonyl (C=O) groups excluding carboxylic acids is 1. The van der Waals surface area contributed by atoms with Crippen LogP contribution in [0, 0.1) is 5.92 Å². The maximum Gasteiger partial charge on any atom is 0.342 e. The second-order valence-electron chi connectivity index (χ2n) is 9.95. The minimum absolute atomic E-state index is 0.0695. The van der Waals surface area contributed by atoms with E-state index in [-0.39, 0.29) is 34.8 Å². The van der Waals surface area contributed by atoms with Gasteiger partial charge in [-0.1, -0.05) is 64.9 Å². The Labute approximate surface area is 212 Å². The SMILES string of the molecule is CC(C)(C)OC(=O)C1CN(Cc2ccc(-c3noc(-c4onc(-c5ccccc5)c4C(=O)O)n3)cc2)C1. The largest absolute Gasteiger partial charge is 0.477 e. The van der Waals surface area contributed by atoms with Gasteiger partial charge in [-0.15, -0.1) is 0 Å². The normalized spacial score (nSPS) is 14.4. The first kappa shape index (κ1) is 24.4. The fourth-order valence-electron chi connectivity index (χ4n) is 4.11. The molecule has 0 saturated carbocycles. The zero-order valence-electron chi connectivity index (χ0n) is 20.7. The van der Waals surface area contributed by atoms with Crippen molar-refractivity contribution in [3.8, 4) is 34.3 Å². The molecule has 3 heterocycles. The molecule has 2 aromatic heterocycles. The third-order valence-electron chi connectivity index (χ3n) is 5.89. The lowest BCUT2D eigenvalue weighted by molar-refractivity contribution is -0.166. The summed E-state index contributed by atoms with van der Waals surface area (Å²) in [5.41, 5.74) is 1.95. The second kappa shape index (κ2) is 9.62. The molecule has 2 aromatic carbocycles. The van der Waals surface area contributed by atoms with Crippen LogP contribution in [-0.2, 0) is 16.1 Å². The van der Waals surface area contributed by atoms with E-state index in [0.717, 1.165) is 5.56 Å². The summed E-state index contributed by atoms with van der Waals surface area (Å²) in [5.74, 6) is -1.33. The van der Waals surface area contributed by atoms with E-state index in [2.05, 4.69) is 20.2 Å². The summed E-state index contributed by atoms with van der Waals surface area (Å²) in [6.45, 7) is 7.65. The van der Waals surface area contributed by atoms with Crippen molar-refractivity contribution < 1.29 is 28.5 Å². The van der Waals surface area contributed by atoms with Crippen LogP contribution in [0.2, 0.25) is 0 Å². The number of nitrogens with zero attached hydrogens (tertiary/aromatic N) is 4. The molecule has 190 valence electrons. The smallest absolute Gasteiger partial charge is 0.342 e. The van der Waals surface area contributed by atoms with E-state index in [0.29, 0.717) is 36.6 Å². The zero-order chi connectivity index (χ0) is 26.2. The maximum absolute atomic E-state index is 12.2. The summed E-state index contributed by atoms with van der Waals surface area (Å²) < 4.78 is 16.1. The molecule has 10 heteroatoms. The highest BCUT2D eigenvalue weighted by atomic mass is 16.6. The molecular formula is C27H26N4O6. The van der Waals surface area contributed by atoms with Crippen molar-refractivity contribution in [1.82, 2.24) is 20.2 Å². The summed E-state index contributed by atoms with van der Waals surface area (Å²) in [6, 6.07) is 16.5. The standard InChI is InChI=1S/C27H26N4O6/c1-27(2,3)35-26(34)19-14-31(15-19)13-16-9-11-18(12-10-16)23-28-24(37-30-23)22-20(25(32)33)21(29-36-22)17-7-5-4-6-8-17/h4-12,19H,13-15H2,1-3H3,(H,32,33). The van der Waals surface area contributed by atoms with Crippen molar-refractivity contribution in [3.63, 3.8) is 0 Å². The summed E-state index contributed by atoms with van der Waals surface area (Å²) >= 11 is 0. The van der Waals surface area contributed by atoms with Crippen LogP contribution in [0.25, 0.3) is 34.3 Å². The molecule has 1 N–H and O–H groups in total. The molecule has 1 aliphatic heterocycles. The topological polar surface area (TPSA) is 132 Å². The summed E-state index contributed by atoms with van der Waals surface area (Å²) in [5, 5.41) is 17.7. The predicted octanol–water partition coefficient (Wildman–Crippen LogP) is 4.53. The van der Waals surface area contributed by atoms with Crippen molar-refractivity contribution in [2.45, 2.75) is 32.9 Å². The van der Waals surface area contributed by atoms with Crippen LogP contribution < -0.4 is 0 Å². The van der Waals surface area contributed by atoms with E-state index in [9.17, 15) is 14.7 Å². The van der Waals surface area contributed by atoms with Gasteiger partial charge >= 0.3 is 11.9 Å². The lowest BCUT2D eigenvalue weighted by atomic mass is 9.98. The second-order valence-corrected chi connectivity index (χ2v) is 9.95. The molecule has 4 aromatic rings.